The van der Waals surface area contributed by atoms with E-state index < -0.39 is 12.8 Å². The molecule has 2 aromatic heterocycles. The lowest BCUT2D eigenvalue weighted by molar-refractivity contribution is -0.0494. The van der Waals surface area contributed by atoms with E-state index in [1.54, 1.807) is 0 Å². The summed E-state index contributed by atoms with van der Waals surface area (Å²) in [5.41, 5.74) is 7.62. The molecule has 11 heteroatoms. The smallest absolute Gasteiger partial charge is 0.387 e. The van der Waals surface area contributed by atoms with Crippen molar-refractivity contribution in [1.82, 2.24) is 19.9 Å². The Balaban J connectivity index is 1.46. The number of pyridine rings is 1. The van der Waals surface area contributed by atoms with Crippen LogP contribution in [0.3, 0.4) is 0 Å². The van der Waals surface area contributed by atoms with E-state index in [1.807, 2.05) is 11.0 Å². The number of morpholine rings is 1. The maximum Gasteiger partial charge on any atom is 0.387 e. The van der Waals surface area contributed by atoms with Crippen LogP contribution in [-0.4, -0.2) is 78.1 Å². The second-order valence-corrected chi connectivity index (χ2v) is 9.11. The molecule has 3 fully saturated rings. The van der Waals surface area contributed by atoms with Crippen molar-refractivity contribution in [2.24, 2.45) is 0 Å². The van der Waals surface area contributed by atoms with Gasteiger partial charge in [-0.1, -0.05) is 0 Å². The molecule has 2 saturated heterocycles. The Morgan fingerprint density at radius 3 is 2.65 bits per heavy atom. The average Bonchev–Trinajstić information content (AvgIpc) is 3.50. The summed E-state index contributed by atoms with van der Waals surface area (Å²) in [6.07, 6.45) is 4.03. The number of hydrogen-bond acceptors (Lipinski definition) is 8. The van der Waals surface area contributed by atoms with Crippen LogP contribution in [0.15, 0.2) is 18.3 Å². The Bertz CT molecular complexity index is 1010. The zero-order chi connectivity index (χ0) is 23.7. The lowest BCUT2D eigenvalue weighted by Gasteiger charge is -2.32. The van der Waals surface area contributed by atoms with Gasteiger partial charge in [0, 0.05) is 49.0 Å². The van der Waals surface area contributed by atoms with Gasteiger partial charge in [-0.15, -0.1) is 0 Å². The number of ether oxygens (including phenoxy) is 2. The molecule has 1 aliphatic carbocycles. The highest BCUT2D eigenvalue weighted by Crippen LogP contribution is 2.39. The maximum absolute atomic E-state index is 13.9. The molecule has 2 N–H and O–H groups in total. The zero-order valence-corrected chi connectivity index (χ0v) is 18.9. The van der Waals surface area contributed by atoms with Gasteiger partial charge in [0.15, 0.2) is 11.6 Å². The van der Waals surface area contributed by atoms with E-state index in [9.17, 15) is 13.2 Å². The Kier molecular flexibility index (Phi) is 6.73. The molecular weight excluding hydrogens is 449 g/mol. The van der Waals surface area contributed by atoms with Gasteiger partial charge in [-0.2, -0.15) is 8.78 Å². The van der Waals surface area contributed by atoms with E-state index in [0.717, 1.165) is 51.3 Å². The second-order valence-electron chi connectivity index (χ2n) is 9.11. The Hall–Kier alpha value is -2.66. The molecule has 184 valence electrons. The van der Waals surface area contributed by atoms with Gasteiger partial charge in [0.1, 0.15) is 6.17 Å². The van der Waals surface area contributed by atoms with Gasteiger partial charge in [-0.05, 0) is 37.8 Å². The van der Waals surface area contributed by atoms with Crippen LogP contribution < -0.4 is 15.4 Å². The van der Waals surface area contributed by atoms with Gasteiger partial charge >= 0.3 is 6.61 Å². The van der Waals surface area contributed by atoms with Crippen LogP contribution in [0.25, 0.3) is 11.3 Å². The summed E-state index contributed by atoms with van der Waals surface area (Å²) >= 11 is 0. The van der Waals surface area contributed by atoms with Gasteiger partial charge in [0.2, 0.25) is 5.95 Å². The van der Waals surface area contributed by atoms with Crippen molar-refractivity contribution in [3.63, 3.8) is 0 Å². The molecule has 0 radical (unpaired) electrons. The quantitative estimate of drug-likeness (QED) is 0.677. The fraction of sp³-hybridized carbons (Fsp3) is 0.609. The lowest BCUT2D eigenvalue weighted by atomic mass is 10.0. The van der Waals surface area contributed by atoms with Crippen molar-refractivity contribution in [1.29, 1.82) is 0 Å². The zero-order valence-electron chi connectivity index (χ0n) is 18.9. The molecule has 1 saturated carbocycles. The monoisotopic (exact) mass is 478 g/mol. The number of aromatic nitrogens is 3. The molecule has 34 heavy (non-hydrogen) atoms. The van der Waals surface area contributed by atoms with E-state index in [-0.39, 0.29) is 24.0 Å². The molecule has 0 bridgehead atoms. The topological polar surface area (TPSA) is 89.6 Å². The van der Waals surface area contributed by atoms with Crippen LogP contribution >= 0.6 is 0 Å². The van der Waals surface area contributed by atoms with E-state index in [1.165, 1.54) is 12.3 Å². The summed E-state index contributed by atoms with van der Waals surface area (Å²) in [7, 11) is 0. The highest BCUT2D eigenvalue weighted by atomic mass is 19.3. The van der Waals surface area contributed by atoms with Crippen LogP contribution in [0.5, 0.6) is 5.75 Å². The fourth-order valence-electron chi connectivity index (χ4n) is 5.14. The van der Waals surface area contributed by atoms with Gasteiger partial charge in [0.25, 0.3) is 0 Å². The van der Waals surface area contributed by atoms with Gasteiger partial charge in [-0.25, -0.2) is 19.3 Å². The largest absolute Gasteiger partial charge is 0.431 e. The second kappa shape index (κ2) is 9.91. The van der Waals surface area contributed by atoms with Crippen molar-refractivity contribution in [2.45, 2.75) is 50.4 Å². The van der Waals surface area contributed by atoms with E-state index in [2.05, 4.69) is 19.6 Å². The first-order valence-electron chi connectivity index (χ1n) is 11.8. The van der Waals surface area contributed by atoms with Crippen LogP contribution in [0.1, 0.15) is 37.3 Å². The first-order chi connectivity index (χ1) is 16.5. The number of rotatable bonds is 6. The standard InChI is InChI=1S/C23H29F3N6O2/c24-16-3-4-32(13-16)23-29-18(14-1-2-17(9-14)31-5-7-33-8-6-31)11-19(30-23)15-10-20(34-22(25)26)21(27)28-12-15/h10-12,14,16-17,22H,1-9,13H2,(H2,27,28)/t14?,16-,17?/m0/s1. The highest BCUT2D eigenvalue weighted by molar-refractivity contribution is 5.65. The molecule has 2 aliphatic heterocycles. The molecule has 2 aromatic rings. The van der Waals surface area contributed by atoms with Crippen molar-refractivity contribution in [3.05, 3.63) is 24.0 Å². The number of anilines is 2. The van der Waals surface area contributed by atoms with Gasteiger partial charge in [0.05, 0.1) is 25.5 Å². The molecule has 0 aromatic carbocycles. The molecule has 0 amide bonds. The van der Waals surface area contributed by atoms with Crippen molar-refractivity contribution in [3.8, 4) is 17.0 Å². The molecule has 8 nitrogen and oxygen atoms in total. The summed E-state index contributed by atoms with van der Waals surface area (Å²) < 4.78 is 49.6. The van der Waals surface area contributed by atoms with Crippen LogP contribution in [0.4, 0.5) is 24.9 Å². The minimum atomic E-state index is -3.02. The van der Waals surface area contributed by atoms with Crippen LogP contribution in [-0.2, 0) is 4.74 Å². The molecule has 3 aliphatic rings. The number of nitrogen functional groups attached to an aromatic ring is 1. The summed E-state index contributed by atoms with van der Waals surface area (Å²) in [5.74, 6) is 0.362. The van der Waals surface area contributed by atoms with Gasteiger partial charge in [-0.3, -0.25) is 4.90 Å². The third-order valence-corrected chi connectivity index (χ3v) is 6.93. The summed E-state index contributed by atoms with van der Waals surface area (Å²) in [4.78, 5) is 17.8. The molecule has 5 rings (SSSR count). The van der Waals surface area contributed by atoms with Crippen molar-refractivity contribution >= 4 is 11.8 Å². The first kappa shape index (κ1) is 23.1. The van der Waals surface area contributed by atoms with E-state index in [0.29, 0.717) is 36.2 Å². The number of alkyl halides is 3. The summed E-state index contributed by atoms with van der Waals surface area (Å²) in [6, 6.07) is 3.78. The third kappa shape index (κ3) is 5.05. The summed E-state index contributed by atoms with van der Waals surface area (Å²) in [6.45, 7) is 1.15. The van der Waals surface area contributed by atoms with E-state index in [4.69, 9.17) is 15.5 Å². The first-order valence-corrected chi connectivity index (χ1v) is 11.8. The molecule has 3 atom stereocenters. The molecule has 0 spiro atoms. The molecular formula is C23H29F3N6O2. The van der Waals surface area contributed by atoms with E-state index >= 15 is 0 Å². The predicted molar refractivity (Wildman–Crippen MR) is 121 cm³/mol. The fourth-order valence-corrected chi connectivity index (χ4v) is 5.14. The van der Waals surface area contributed by atoms with Crippen molar-refractivity contribution in [2.75, 3.05) is 50.0 Å². The molecule has 2 unspecified atom stereocenters. The van der Waals surface area contributed by atoms with Gasteiger partial charge < -0.3 is 20.1 Å². The van der Waals surface area contributed by atoms with Crippen LogP contribution in [0.2, 0.25) is 0 Å². The Morgan fingerprint density at radius 1 is 1.09 bits per heavy atom. The minimum Gasteiger partial charge on any atom is -0.431 e. The Labute approximate surface area is 196 Å². The maximum atomic E-state index is 13.9. The molecule has 4 heterocycles. The number of hydrogen-bond donors (Lipinski definition) is 1. The summed E-state index contributed by atoms with van der Waals surface area (Å²) in [5, 5.41) is 0. The number of nitrogens with zero attached hydrogens (tertiary/aromatic N) is 5. The predicted octanol–water partition coefficient (Wildman–Crippen LogP) is 3.24. The highest BCUT2D eigenvalue weighted by Gasteiger charge is 2.33. The van der Waals surface area contributed by atoms with Crippen molar-refractivity contribution < 1.29 is 22.6 Å². The normalized spacial score (nSPS) is 25.9. The number of halogens is 3. The SMILES string of the molecule is Nc1ncc(-c2cc(C3CCC(N4CCOCC4)C3)nc(N3CC[C@H](F)C3)n2)cc1OC(F)F. The minimum absolute atomic E-state index is 0.123. The Morgan fingerprint density at radius 2 is 1.91 bits per heavy atom. The lowest BCUT2D eigenvalue weighted by Crippen LogP contribution is -2.42. The average molecular weight is 479 g/mol. The van der Waals surface area contributed by atoms with Crippen LogP contribution in [0, 0.1) is 0 Å². The number of nitrogens with two attached hydrogens (primary N) is 1. The third-order valence-electron chi connectivity index (χ3n) is 6.93.